The third kappa shape index (κ3) is 2.17. The first-order chi connectivity index (χ1) is 9.69. The highest BCUT2D eigenvalue weighted by Crippen LogP contribution is 2.36. The second kappa shape index (κ2) is 5.03. The highest BCUT2D eigenvalue weighted by atomic mass is 16.7. The van der Waals surface area contributed by atoms with E-state index in [-0.39, 0.29) is 13.3 Å². The summed E-state index contributed by atoms with van der Waals surface area (Å²) in [7, 11) is 0. The van der Waals surface area contributed by atoms with Gasteiger partial charge in [-0.3, -0.25) is 4.79 Å². The van der Waals surface area contributed by atoms with Gasteiger partial charge in [-0.15, -0.1) is 0 Å². The van der Waals surface area contributed by atoms with Crippen molar-refractivity contribution >= 4 is 17.0 Å². The second-order valence-electron chi connectivity index (χ2n) is 4.81. The minimum absolute atomic E-state index is 0.0881. The molecule has 1 aromatic heterocycles. The molecule has 2 aromatic rings. The highest BCUT2D eigenvalue weighted by molar-refractivity contribution is 5.82. The lowest BCUT2D eigenvalue weighted by Crippen LogP contribution is -2.12. The van der Waals surface area contributed by atoms with Crippen molar-refractivity contribution in [3.8, 4) is 11.5 Å². The fourth-order valence-corrected chi connectivity index (χ4v) is 2.40. The summed E-state index contributed by atoms with van der Waals surface area (Å²) in [5, 5.41) is 9.08. The van der Waals surface area contributed by atoms with Crippen LogP contribution in [0.3, 0.4) is 0 Å². The Labute approximate surface area is 115 Å². The Hall–Kier alpha value is -2.24. The molecule has 3 rings (SSSR count). The number of aromatic nitrogens is 2. The average Bonchev–Trinajstić information content (AvgIpc) is 2.98. The molecule has 0 unspecified atom stereocenters. The molecule has 2 heterocycles. The molecule has 6 heteroatoms. The van der Waals surface area contributed by atoms with Gasteiger partial charge >= 0.3 is 5.97 Å². The molecular formula is C14H16N2O4. The van der Waals surface area contributed by atoms with Gasteiger partial charge in [-0.2, -0.15) is 0 Å². The van der Waals surface area contributed by atoms with Gasteiger partial charge < -0.3 is 19.1 Å². The first kappa shape index (κ1) is 12.8. The minimum Gasteiger partial charge on any atom is -0.480 e. The van der Waals surface area contributed by atoms with Gasteiger partial charge in [0.1, 0.15) is 12.4 Å². The zero-order valence-electron chi connectivity index (χ0n) is 11.3. The molecule has 106 valence electrons. The predicted octanol–water partition coefficient (Wildman–Crippen LogP) is 2.19. The summed E-state index contributed by atoms with van der Waals surface area (Å²) >= 11 is 0. The molecule has 1 aromatic carbocycles. The van der Waals surface area contributed by atoms with E-state index in [1.807, 2.05) is 12.1 Å². The van der Waals surface area contributed by atoms with Gasteiger partial charge in [-0.25, -0.2) is 4.98 Å². The van der Waals surface area contributed by atoms with Gasteiger partial charge in [0.15, 0.2) is 11.5 Å². The van der Waals surface area contributed by atoms with E-state index in [4.69, 9.17) is 14.6 Å². The van der Waals surface area contributed by atoms with Crippen molar-refractivity contribution in [3.63, 3.8) is 0 Å². The maximum absolute atomic E-state index is 11.1. The first-order valence-electron chi connectivity index (χ1n) is 6.69. The van der Waals surface area contributed by atoms with Gasteiger partial charge in [0, 0.05) is 18.6 Å². The molecule has 0 saturated carbocycles. The number of imidazole rings is 1. The molecule has 1 aliphatic heterocycles. The Balaban J connectivity index is 2.10. The number of benzene rings is 1. The largest absolute Gasteiger partial charge is 0.480 e. The third-order valence-corrected chi connectivity index (χ3v) is 3.37. The van der Waals surface area contributed by atoms with Crippen LogP contribution in [-0.4, -0.2) is 27.4 Å². The smallest absolute Gasteiger partial charge is 0.323 e. The minimum atomic E-state index is -0.875. The van der Waals surface area contributed by atoms with Crippen LogP contribution in [-0.2, 0) is 17.8 Å². The topological polar surface area (TPSA) is 73.6 Å². The summed E-state index contributed by atoms with van der Waals surface area (Å²) in [6, 6.07) is 3.62. The maximum Gasteiger partial charge on any atom is 0.323 e. The number of aliphatic carboxylic acids is 1. The molecule has 0 saturated heterocycles. The first-order valence-corrected chi connectivity index (χ1v) is 6.69. The van der Waals surface area contributed by atoms with Crippen LogP contribution in [0.1, 0.15) is 25.6 Å². The molecule has 20 heavy (non-hydrogen) atoms. The molecule has 1 N–H and O–H groups in total. The number of hydrogen-bond donors (Lipinski definition) is 1. The van der Waals surface area contributed by atoms with Gasteiger partial charge in [0.25, 0.3) is 0 Å². The number of fused-ring (bicyclic) bond motifs is 2. The SMILES string of the molecule is CCCCc1nc2cc3c(cc2n1CC(=O)O)OCO3. The number of carboxylic acids is 1. The number of ether oxygens (including phenoxy) is 2. The standard InChI is InChI=1S/C14H16N2O4/c1-2-3-4-13-15-9-5-11-12(20-8-19-11)6-10(9)16(13)7-14(17)18/h5-6H,2-4,7-8H2,1H3,(H,17,18). The summed E-state index contributed by atoms with van der Waals surface area (Å²) in [4.78, 5) is 15.6. The molecule has 0 spiro atoms. The summed E-state index contributed by atoms with van der Waals surface area (Å²) in [6.45, 7) is 2.21. The molecule has 0 fully saturated rings. The van der Waals surface area contributed by atoms with E-state index < -0.39 is 5.97 Å². The van der Waals surface area contributed by atoms with Crippen LogP contribution in [0.25, 0.3) is 11.0 Å². The van der Waals surface area contributed by atoms with Crippen LogP contribution >= 0.6 is 0 Å². The summed E-state index contributed by atoms with van der Waals surface area (Å²) in [5.41, 5.74) is 1.53. The van der Waals surface area contributed by atoms with Crippen molar-refractivity contribution in [3.05, 3.63) is 18.0 Å². The van der Waals surface area contributed by atoms with E-state index in [0.29, 0.717) is 11.5 Å². The number of unbranched alkanes of at least 4 members (excludes halogenated alkanes) is 1. The Morgan fingerprint density at radius 2 is 2.15 bits per heavy atom. The predicted molar refractivity (Wildman–Crippen MR) is 72.1 cm³/mol. The number of rotatable bonds is 5. The van der Waals surface area contributed by atoms with Crippen molar-refractivity contribution in [1.82, 2.24) is 9.55 Å². The van der Waals surface area contributed by atoms with Crippen LogP contribution in [0.2, 0.25) is 0 Å². The molecule has 0 radical (unpaired) electrons. The Bertz CT molecular complexity index is 663. The van der Waals surface area contributed by atoms with E-state index in [2.05, 4.69) is 11.9 Å². The fraction of sp³-hybridized carbons (Fsp3) is 0.429. The van der Waals surface area contributed by atoms with Crippen LogP contribution in [0.15, 0.2) is 12.1 Å². The van der Waals surface area contributed by atoms with Gasteiger partial charge in [0.05, 0.1) is 11.0 Å². The van der Waals surface area contributed by atoms with Gasteiger partial charge in [-0.1, -0.05) is 13.3 Å². The van der Waals surface area contributed by atoms with Crippen LogP contribution < -0.4 is 9.47 Å². The lowest BCUT2D eigenvalue weighted by Gasteiger charge is -2.06. The number of hydrogen-bond acceptors (Lipinski definition) is 4. The monoisotopic (exact) mass is 276 g/mol. The third-order valence-electron chi connectivity index (χ3n) is 3.37. The van der Waals surface area contributed by atoms with E-state index in [9.17, 15) is 4.79 Å². The number of aryl methyl sites for hydroxylation is 1. The van der Waals surface area contributed by atoms with Crippen LogP contribution in [0.4, 0.5) is 0 Å². The summed E-state index contributed by atoms with van der Waals surface area (Å²) < 4.78 is 12.4. The maximum atomic E-state index is 11.1. The van der Waals surface area contributed by atoms with Crippen molar-refractivity contribution in [2.45, 2.75) is 32.7 Å². The summed E-state index contributed by atoms with van der Waals surface area (Å²) in [6.07, 6.45) is 2.79. The highest BCUT2D eigenvalue weighted by Gasteiger charge is 2.19. The number of nitrogens with zero attached hydrogens (tertiary/aromatic N) is 2. The lowest BCUT2D eigenvalue weighted by molar-refractivity contribution is -0.137. The Morgan fingerprint density at radius 1 is 1.40 bits per heavy atom. The van der Waals surface area contributed by atoms with E-state index in [1.54, 1.807) is 4.57 Å². The fourth-order valence-electron chi connectivity index (χ4n) is 2.40. The Morgan fingerprint density at radius 3 is 2.85 bits per heavy atom. The van der Waals surface area contributed by atoms with Crippen molar-refractivity contribution < 1.29 is 19.4 Å². The van der Waals surface area contributed by atoms with E-state index in [0.717, 1.165) is 36.1 Å². The van der Waals surface area contributed by atoms with Gasteiger partial charge in [0.2, 0.25) is 6.79 Å². The molecule has 6 nitrogen and oxygen atoms in total. The average molecular weight is 276 g/mol. The van der Waals surface area contributed by atoms with Crippen LogP contribution in [0, 0.1) is 0 Å². The Kier molecular flexibility index (Phi) is 3.22. The zero-order valence-corrected chi connectivity index (χ0v) is 11.3. The lowest BCUT2D eigenvalue weighted by atomic mass is 10.2. The molecular weight excluding hydrogens is 260 g/mol. The van der Waals surface area contributed by atoms with E-state index in [1.165, 1.54) is 0 Å². The zero-order chi connectivity index (χ0) is 14.1. The number of carbonyl (C=O) groups is 1. The van der Waals surface area contributed by atoms with E-state index >= 15 is 0 Å². The molecule has 0 bridgehead atoms. The van der Waals surface area contributed by atoms with Crippen molar-refractivity contribution in [1.29, 1.82) is 0 Å². The number of carboxylic acid groups (broad SMARTS) is 1. The molecule has 0 amide bonds. The molecule has 0 atom stereocenters. The second-order valence-corrected chi connectivity index (χ2v) is 4.81. The molecule has 0 aliphatic carbocycles. The summed E-state index contributed by atoms with van der Waals surface area (Å²) in [5.74, 6) is 1.23. The van der Waals surface area contributed by atoms with Crippen LogP contribution in [0.5, 0.6) is 11.5 Å². The van der Waals surface area contributed by atoms with Gasteiger partial charge in [-0.05, 0) is 6.42 Å². The van der Waals surface area contributed by atoms with Crippen molar-refractivity contribution in [2.24, 2.45) is 0 Å². The van der Waals surface area contributed by atoms with Crippen molar-refractivity contribution in [2.75, 3.05) is 6.79 Å². The molecule has 1 aliphatic rings. The normalized spacial score (nSPS) is 13.1. The quantitative estimate of drug-likeness (QED) is 0.906.